The van der Waals surface area contributed by atoms with Crippen molar-refractivity contribution in [3.63, 3.8) is 0 Å². The van der Waals surface area contributed by atoms with Gasteiger partial charge in [0, 0.05) is 32.5 Å². The van der Waals surface area contributed by atoms with Gasteiger partial charge in [0.1, 0.15) is 5.75 Å². The Balaban J connectivity index is 1.46. The molecule has 0 aliphatic rings. The van der Waals surface area contributed by atoms with Gasteiger partial charge in [0.05, 0.1) is 6.54 Å². The number of guanidine groups is 1. The van der Waals surface area contributed by atoms with E-state index in [4.69, 9.17) is 4.74 Å². The van der Waals surface area contributed by atoms with Gasteiger partial charge in [0.25, 0.3) is 0 Å². The molecule has 0 atom stereocenters. The van der Waals surface area contributed by atoms with Crippen LogP contribution < -0.4 is 15.4 Å². The van der Waals surface area contributed by atoms with Crippen LogP contribution in [-0.2, 0) is 19.6 Å². The fourth-order valence-corrected chi connectivity index (χ4v) is 2.88. The fourth-order valence-electron chi connectivity index (χ4n) is 2.88. The summed E-state index contributed by atoms with van der Waals surface area (Å²) in [6.07, 6.45) is -0.674. The smallest absolute Gasteiger partial charge is 0.422 e. The number of aromatic nitrogens is 2. The van der Waals surface area contributed by atoms with Crippen molar-refractivity contribution < 1.29 is 17.9 Å². The van der Waals surface area contributed by atoms with E-state index in [2.05, 4.69) is 32.9 Å². The number of halogens is 3. The first-order chi connectivity index (χ1) is 14.9. The Morgan fingerprint density at radius 3 is 2.35 bits per heavy atom. The molecule has 1 heterocycles. The van der Waals surface area contributed by atoms with Crippen molar-refractivity contribution in [1.29, 1.82) is 0 Å². The van der Waals surface area contributed by atoms with Crippen LogP contribution in [0.25, 0.3) is 0 Å². The summed E-state index contributed by atoms with van der Waals surface area (Å²) in [6, 6.07) is 16.6. The van der Waals surface area contributed by atoms with Crippen LogP contribution in [0.2, 0.25) is 0 Å². The van der Waals surface area contributed by atoms with E-state index in [0.717, 1.165) is 16.7 Å². The molecule has 0 unspecified atom stereocenters. The number of hydrogen-bond donors (Lipinski definition) is 2. The van der Waals surface area contributed by atoms with E-state index in [1.807, 2.05) is 29.1 Å². The number of rotatable bonds is 8. The summed E-state index contributed by atoms with van der Waals surface area (Å²) in [6.45, 7) is 0.468. The van der Waals surface area contributed by atoms with Crippen LogP contribution in [0, 0.1) is 0 Å². The van der Waals surface area contributed by atoms with Crippen molar-refractivity contribution in [3.8, 4) is 5.75 Å². The predicted octanol–water partition coefficient (Wildman–Crippen LogP) is 3.74. The largest absolute Gasteiger partial charge is 0.484 e. The molecule has 0 radical (unpaired) electrons. The number of aliphatic imine (C=N–C) groups is 1. The minimum atomic E-state index is -4.35. The second kappa shape index (κ2) is 10.5. The maximum absolute atomic E-state index is 12.2. The molecule has 0 saturated heterocycles. The minimum absolute atomic E-state index is 0.179. The number of hydrogen-bond acceptors (Lipinski definition) is 3. The van der Waals surface area contributed by atoms with Gasteiger partial charge in [0.2, 0.25) is 0 Å². The molecular weight excluding hydrogens is 407 g/mol. The van der Waals surface area contributed by atoms with Crippen molar-refractivity contribution >= 4 is 5.96 Å². The number of benzene rings is 2. The van der Waals surface area contributed by atoms with Gasteiger partial charge in [-0.1, -0.05) is 36.4 Å². The van der Waals surface area contributed by atoms with E-state index in [0.29, 0.717) is 25.6 Å². The average molecular weight is 431 g/mol. The molecule has 0 saturated carbocycles. The van der Waals surface area contributed by atoms with E-state index >= 15 is 0 Å². The van der Waals surface area contributed by atoms with E-state index in [-0.39, 0.29) is 5.75 Å². The quantitative estimate of drug-likeness (QED) is 0.421. The molecule has 31 heavy (non-hydrogen) atoms. The molecule has 164 valence electrons. The lowest BCUT2D eigenvalue weighted by molar-refractivity contribution is -0.153. The number of ether oxygens (including phenoxy) is 1. The van der Waals surface area contributed by atoms with Crippen molar-refractivity contribution in [1.82, 2.24) is 20.4 Å². The lowest BCUT2D eigenvalue weighted by atomic mass is 10.1. The Morgan fingerprint density at radius 2 is 1.71 bits per heavy atom. The number of nitrogens with one attached hydrogen (secondary N) is 2. The summed E-state index contributed by atoms with van der Waals surface area (Å²) >= 11 is 0. The highest BCUT2D eigenvalue weighted by Gasteiger charge is 2.28. The lowest BCUT2D eigenvalue weighted by Crippen LogP contribution is -2.36. The van der Waals surface area contributed by atoms with Crippen molar-refractivity contribution in [3.05, 3.63) is 83.7 Å². The van der Waals surface area contributed by atoms with Crippen LogP contribution in [0.3, 0.4) is 0 Å². The first-order valence-corrected chi connectivity index (χ1v) is 9.69. The molecule has 3 aromatic rings. The van der Waals surface area contributed by atoms with E-state index in [1.165, 1.54) is 12.1 Å². The van der Waals surface area contributed by atoms with Crippen molar-refractivity contribution in [2.75, 3.05) is 13.7 Å². The summed E-state index contributed by atoms with van der Waals surface area (Å²) in [5, 5.41) is 10.7. The molecule has 6 nitrogen and oxygen atoms in total. The van der Waals surface area contributed by atoms with E-state index < -0.39 is 12.8 Å². The van der Waals surface area contributed by atoms with Gasteiger partial charge in [-0.05, 0) is 34.9 Å². The monoisotopic (exact) mass is 431 g/mol. The van der Waals surface area contributed by atoms with Crippen LogP contribution in [0.4, 0.5) is 13.2 Å². The highest BCUT2D eigenvalue weighted by molar-refractivity contribution is 5.79. The Bertz CT molecular complexity index is 970. The molecule has 2 N–H and O–H groups in total. The van der Waals surface area contributed by atoms with Gasteiger partial charge in [0.15, 0.2) is 12.6 Å². The number of alkyl halides is 3. The van der Waals surface area contributed by atoms with Crippen LogP contribution in [0.1, 0.15) is 16.7 Å². The van der Waals surface area contributed by atoms with Gasteiger partial charge in [-0.3, -0.25) is 9.67 Å². The molecule has 9 heteroatoms. The lowest BCUT2D eigenvalue weighted by Gasteiger charge is -2.13. The molecule has 0 spiro atoms. The molecule has 0 amide bonds. The van der Waals surface area contributed by atoms with E-state index in [1.54, 1.807) is 25.4 Å². The molecule has 1 aromatic heterocycles. The van der Waals surface area contributed by atoms with Crippen LogP contribution in [-0.4, -0.2) is 35.6 Å². The molecule has 0 bridgehead atoms. The zero-order valence-corrected chi connectivity index (χ0v) is 17.1. The summed E-state index contributed by atoms with van der Waals surface area (Å²) in [7, 11) is 1.68. The predicted molar refractivity (Wildman–Crippen MR) is 113 cm³/mol. The Labute approximate surface area is 178 Å². The maximum Gasteiger partial charge on any atom is 0.422 e. The zero-order valence-electron chi connectivity index (χ0n) is 17.1. The van der Waals surface area contributed by atoms with Crippen molar-refractivity contribution in [2.45, 2.75) is 25.8 Å². The van der Waals surface area contributed by atoms with Crippen LogP contribution in [0.5, 0.6) is 5.75 Å². The van der Waals surface area contributed by atoms with E-state index in [9.17, 15) is 13.2 Å². The molecule has 0 aliphatic carbocycles. The Morgan fingerprint density at radius 1 is 1.00 bits per heavy atom. The average Bonchev–Trinajstić information content (AvgIpc) is 3.26. The highest BCUT2D eigenvalue weighted by atomic mass is 19.4. The van der Waals surface area contributed by atoms with Gasteiger partial charge in [-0.25, -0.2) is 0 Å². The van der Waals surface area contributed by atoms with Gasteiger partial charge >= 0.3 is 6.18 Å². The molecule has 2 aromatic carbocycles. The second-order valence-electron chi connectivity index (χ2n) is 6.85. The standard InChI is InChI=1S/C22H24F3N5O/c1-26-21(27-13-17-6-8-20(9-7-17)31-16-22(23,24)25)28-14-18-4-2-5-19(12-18)15-30-11-3-10-29-30/h2-12H,13-16H2,1H3,(H2,26,27,28). The molecule has 0 fully saturated rings. The third-order valence-electron chi connectivity index (χ3n) is 4.36. The van der Waals surface area contributed by atoms with Gasteiger partial charge < -0.3 is 15.4 Å². The normalized spacial score (nSPS) is 11.9. The highest BCUT2D eigenvalue weighted by Crippen LogP contribution is 2.18. The third kappa shape index (κ3) is 7.69. The third-order valence-corrected chi connectivity index (χ3v) is 4.36. The Kier molecular flexibility index (Phi) is 7.53. The minimum Gasteiger partial charge on any atom is -0.484 e. The van der Waals surface area contributed by atoms with Crippen LogP contribution >= 0.6 is 0 Å². The SMILES string of the molecule is CN=C(NCc1ccc(OCC(F)(F)F)cc1)NCc1cccc(Cn2cccn2)c1. The molecular formula is C22H24F3N5O. The molecule has 0 aliphatic heterocycles. The second-order valence-corrected chi connectivity index (χ2v) is 6.85. The van der Waals surface area contributed by atoms with Gasteiger partial charge in [-0.15, -0.1) is 0 Å². The summed E-state index contributed by atoms with van der Waals surface area (Å²) in [4.78, 5) is 4.21. The topological polar surface area (TPSA) is 63.5 Å². The van der Waals surface area contributed by atoms with Crippen molar-refractivity contribution in [2.24, 2.45) is 4.99 Å². The summed E-state index contributed by atoms with van der Waals surface area (Å²) < 4.78 is 43.2. The maximum atomic E-state index is 12.2. The Hall–Kier alpha value is -3.49. The zero-order chi connectivity index (χ0) is 22.1. The van der Waals surface area contributed by atoms with Gasteiger partial charge in [-0.2, -0.15) is 18.3 Å². The first kappa shape index (κ1) is 22.2. The molecule has 3 rings (SSSR count). The van der Waals surface area contributed by atoms with Crippen LogP contribution in [0.15, 0.2) is 72.0 Å². The summed E-state index contributed by atoms with van der Waals surface area (Å²) in [5.74, 6) is 0.799. The fraction of sp³-hybridized carbons (Fsp3) is 0.273. The first-order valence-electron chi connectivity index (χ1n) is 9.69. The number of nitrogens with zero attached hydrogens (tertiary/aromatic N) is 3. The summed E-state index contributed by atoms with van der Waals surface area (Å²) in [5.41, 5.74) is 3.15.